The maximum absolute atomic E-state index is 12.2. The van der Waals surface area contributed by atoms with E-state index in [0.717, 1.165) is 10.2 Å². The summed E-state index contributed by atoms with van der Waals surface area (Å²) in [5.41, 5.74) is 7.73. The van der Waals surface area contributed by atoms with Crippen LogP contribution in [0.5, 0.6) is 0 Å². The first-order chi connectivity index (χ1) is 8.74. The summed E-state index contributed by atoms with van der Waals surface area (Å²) in [5, 5.41) is 0.513. The largest absolute Gasteiger partial charge is 0.375 e. The van der Waals surface area contributed by atoms with Gasteiger partial charge in [-0.05, 0) is 30.3 Å². The molecule has 0 bridgehead atoms. The molecule has 0 radical (unpaired) electrons. The minimum Gasteiger partial charge on any atom is -0.375 e. The van der Waals surface area contributed by atoms with Crippen LogP contribution < -0.4 is 5.73 Å². The van der Waals surface area contributed by atoms with Gasteiger partial charge in [0.05, 0.1) is 10.2 Å². The Hall–Kier alpha value is -2.27. The number of anilines is 1. The Morgan fingerprint density at radius 3 is 2.67 bits per heavy atom. The lowest BCUT2D eigenvalue weighted by Crippen LogP contribution is -2.00. The van der Waals surface area contributed by atoms with Gasteiger partial charge in [0.2, 0.25) is 0 Å². The van der Waals surface area contributed by atoms with Crippen LogP contribution >= 0.6 is 11.3 Å². The van der Waals surface area contributed by atoms with Gasteiger partial charge >= 0.3 is 0 Å². The Bertz CT molecular complexity index is 721. The average Bonchev–Trinajstić information content (AvgIpc) is 2.78. The van der Waals surface area contributed by atoms with Crippen molar-refractivity contribution in [3.05, 3.63) is 53.9 Å². The minimum absolute atomic E-state index is 0.0220. The number of rotatable bonds is 2. The van der Waals surface area contributed by atoms with Gasteiger partial charge in [0.1, 0.15) is 0 Å². The number of fused-ring (bicyclic) bond motifs is 1. The second-order valence-electron chi connectivity index (χ2n) is 3.80. The fraction of sp³-hybridized carbons (Fsp3) is 0. The monoisotopic (exact) mass is 255 g/mol. The van der Waals surface area contributed by atoms with E-state index in [4.69, 9.17) is 5.73 Å². The fourth-order valence-electron chi connectivity index (χ4n) is 1.75. The first-order valence-corrected chi connectivity index (χ1v) is 6.16. The molecule has 0 amide bonds. The SMILES string of the molecule is Nc1nc2ccc(C(=O)c3ccncc3)cc2s1. The molecule has 3 rings (SSSR count). The van der Waals surface area contributed by atoms with Gasteiger partial charge in [-0.25, -0.2) is 4.98 Å². The smallest absolute Gasteiger partial charge is 0.193 e. The van der Waals surface area contributed by atoms with Crippen molar-refractivity contribution >= 4 is 32.5 Å². The Kier molecular flexibility index (Phi) is 2.53. The van der Waals surface area contributed by atoms with Crippen molar-refractivity contribution < 1.29 is 4.79 Å². The van der Waals surface area contributed by atoms with E-state index in [-0.39, 0.29) is 5.78 Å². The lowest BCUT2D eigenvalue weighted by molar-refractivity contribution is 0.103. The molecular formula is C13H9N3OS. The number of ketones is 1. The Balaban J connectivity index is 2.06. The summed E-state index contributed by atoms with van der Waals surface area (Å²) in [6.07, 6.45) is 3.22. The Morgan fingerprint density at radius 1 is 1.11 bits per heavy atom. The second-order valence-corrected chi connectivity index (χ2v) is 4.86. The van der Waals surface area contributed by atoms with Crippen molar-refractivity contribution in [2.24, 2.45) is 0 Å². The zero-order chi connectivity index (χ0) is 12.5. The van der Waals surface area contributed by atoms with Crippen molar-refractivity contribution in [2.75, 3.05) is 5.73 Å². The van der Waals surface area contributed by atoms with Crippen LogP contribution in [-0.4, -0.2) is 15.8 Å². The van der Waals surface area contributed by atoms with Crippen molar-refractivity contribution in [2.45, 2.75) is 0 Å². The first-order valence-electron chi connectivity index (χ1n) is 5.35. The molecule has 5 heteroatoms. The van der Waals surface area contributed by atoms with E-state index in [1.54, 1.807) is 30.6 Å². The summed E-state index contributed by atoms with van der Waals surface area (Å²) in [6, 6.07) is 8.81. The third-order valence-corrected chi connectivity index (χ3v) is 3.46. The molecule has 0 saturated heterocycles. The van der Waals surface area contributed by atoms with E-state index >= 15 is 0 Å². The molecule has 88 valence electrons. The molecule has 0 fully saturated rings. The molecule has 4 nitrogen and oxygen atoms in total. The van der Waals surface area contributed by atoms with Crippen molar-refractivity contribution in [3.8, 4) is 0 Å². The van der Waals surface area contributed by atoms with Crippen molar-refractivity contribution in [1.82, 2.24) is 9.97 Å². The molecule has 0 aliphatic rings. The zero-order valence-electron chi connectivity index (χ0n) is 9.33. The third kappa shape index (κ3) is 1.84. The summed E-state index contributed by atoms with van der Waals surface area (Å²) in [6.45, 7) is 0. The number of aromatic nitrogens is 2. The van der Waals surface area contributed by atoms with E-state index < -0.39 is 0 Å². The summed E-state index contributed by atoms with van der Waals surface area (Å²) in [7, 11) is 0. The first kappa shape index (κ1) is 10.9. The predicted octanol–water partition coefficient (Wildman–Crippen LogP) is 2.50. The van der Waals surface area contributed by atoms with Gasteiger partial charge in [-0.15, -0.1) is 0 Å². The van der Waals surface area contributed by atoms with Crippen molar-refractivity contribution in [1.29, 1.82) is 0 Å². The summed E-state index contributed by atoms with van der Waals surface area (Å²) in [4.78, 5) is 20.3. The number of hydrogen-bond acceptors (Lipinski definition) is 5. The summed E-state index contributed by atoms with van der Waals surface area (Å²) in [5.74, 6) is -0.0220. The fourth-order valence-corrected chi connectivity index (χ4v) is 2.53. The Morgan fingerprint density at radius 2 is 1.89 bits per heavy atom. The predicted molar refractivity (Wildman–Crippen MR) is 71.7 cm³/mol. The average molecular weight is 255 g/mol. The number of carbonyl (C=O) groups excluding carboxylic acids is 1. The Labute approximate surface area is 107 Å². The van der Waals surface area contributed by atoms with E-state index in [9.17, 15) is 4.79 Å². The molecule has 3 aromatic rings. The van der Waals surface area contributed by atoms with Gasteiger partial charge in [-0.3, -0.25) is 9.78 Å². The molecule has 0 unspecified atom stereocenters. The molecule has 2 N–H and O–H groups in total. The van der Waals surface area contributed by atoms with Crippen LogP contribution in [0.15, 0.2) is 42.7 Å². The number of nitrogens with two attached hydrogens (primary N) is 1. The summed E-state index contributed by atoms with van der Waals surface area (Å²) >= 11 is 1.38. The molecule has 0 atom stereocenters. The molecule has 18 heavy (non-hydrogen) atoms. The van der Waals surface area contributed by atoms with Crippen LogP contribution in [0, 0.1) is 0 Å². The number of carbonyl (C=O) groups is 1. The molecule has 0 aliphatic heterocycles. The molecule has 1 aromatic carbocycles. The van der Waals surface area contributed by atoms with Crippen LogP contribution in [0.25, 0.3) is 10.2 Å². The number of benzene rings is 1. The number of thiazole rings is 1. The third-order valence-electron chi connectivity index (χ3n) is 2.61. The second kappa shape index (κ2) is 4.19. The molecule has 2 heterocycles. The number of nitrogens with zero attached hydrogens (tertiary/aromatic N) is 2. The normalized spacial score (nSPS) is 10.7. The van der Waals surface area contributed by atoms with Crippen LogP contribution in [-0.2, 0) is 0 Å². The lowest BCUT2D eigenvalue weighted by Gasteiger charge is -2.00. The van der Waals surface area contributed by atoms with Crippen LogP contribution in [0.4, 0.5) is 5.13 Å². The minimum atomic E-state index is -0.0220. The topological polar surface area (TPSA) is 68.9 Å². The highest BCUT2D eigenvalue weighted by Crippen LogP contribution is 2.25. The van der Waals surface area contributed by atoms with E-state index in [1.807, 2.05) is 12.1 Å². The van der Waals surface area contributed by atoms with Gasteiger partial charge < -0.3 is 5.73 Å². The highest BCUT2D eigenvalue weighted by molar-refractivity contribution is 7.22. The lowest BCUT2D eigenvalue weighted by atomic mass is 10.0. The number of nitrogen functional groups attached to an aromatic ring is 1. The van der Waals surface area contributed by atoms with E-state index in [2.05, 4.69) is 9.97 Å². The van der Waals surface area contributed by atoms with Gasteiger partial charge in [0.15, 0.2) is 10.9 Å². The number of pyridine rings is 1. The highest BCUT2D eigenvalue weighted by atomic mass is 32.1. The summed E-state index contributed by atoms with van der Waals surface area (Å²) < 4.78 is 0.924. The molecule has 0 aliphatic carbocycles. The van der Waals surface area contributed by atoms with Crippen LogP contribution in [0.3, 0.4) is 0 Å². The maximum Gasteiger partial charge on any atom is 0.193 e. The maximum atomic E-state index is 12.2. The van der Waals surface area contributed by atoms with Gasteiger partial charge in [0, 0.05) is 23.5 Å². The standard InChI is InChI=1S/C13H9N3OS/c14-13-16-10-2-1-9(7-11(10)18-13)12(17)8-3-5-15-6-4-8/h1-7H,(H2,14,16). The molecule has 0 saturated carbocycles. The van der Waals surface area contributed by atoms with Crippen LogP contribution in [0.1, 0.15) is 15.9 Å². The van der Waals surface area contributed by atoms with Gasteiger partial charge in [0.25, 0.3) is 0 Å². The van der Waals surface area contributed by atoms with Crippen molar-refractivity contribution in [3.63, 3.8) is 0 Å². The van der Waals surface area contributed by atoms with Gasteiger partial charge in [-0.2, -0.15) is 0 Å². The molecular weight excluding hydrogens is 246 g/mol. The van der Waals surface area contributed by atoms with Crippen LogP contribution in [0.2, 0.25) is 0 Å². The van der Waals surface area contributed by atoms with E-state index in [1.165, 1.54) is 11.3 Å². The number of hydrogen-bond donors (Lipinski definition) is 1. The zero-order valence-corrected chi connectivity index (χ0v) is 10.1. The quantitative estimate of drug-likeness (QED) is 0.714. The molecule has 0 spiro atoms. The molecule has 2 aromatic heterocycles. The van der Waals surface area contributed by atoms with E-state index in [0.29, 0.717) is 16.3 Å². The highest BCUT2D eigenvalue weighted by Gasteiger charge is 2.10. The van der Waals surface area contributed by atoms with Gasteiger partial charge in [-0.1, -0.05) is 11.3 Å².